The van der Waals surface area contributed by atoms with Crippen molar-refractivity contribution in [2.45, 2.75) is 44.6 Å². The molecule has 2 aromatic rings. The SMILES string of the molecule is CN(CC(=O)NCCc1c[nH]c2ccccc12)C1CCCCC1. The highest BCUT2D eigenvalue weighted by Crippen LogP contribution is 2.21. The number of H-pyrrole nitrogens is 1. The Balaban J connectivity index is 1.44. The minimum absolute atomic E-state index is 0.137. The van der Waals surface area contributed by atoms with Crippen molar-refractivity contribution < 1.29 is 4.79 Å². The fourth-order valence-corrected chi connectivity index (χ4v) is 3.61. The van der Waals surface area contributed by atoms with Crippen molar-refractivity contribution >= 4 is 16.8 Å². The van der Waals surface area contributed by atoms with Crippen LogP contribution in [0.2, 0.25) is 0 Å². The molecule has 0 spiro atoms. The first-order valence-electron chi connectivity index (χ1n) is 8.76. The van der Waals surface area contributed by atoms with Crippen LogP contribution in [0, 0.1) is 0 Å². The zero-order valence-corrected chi connectivity index (χ0v) is 14.0. The quantitative estimate of drug-likeness (QED) is 0.861. The van der Waals surface area contributed by atoms with Crippen LogP contribution < -0.4 is 5.32 Å². The molecule has 3 rings (SSSR count). The van der Waals surface area contributed by atoms with Crippen LogP contribution in [0.5, 0.6) is 0 Å². The lowest BCUT2D eigenvalue weighted by atomic mass is 9.94. The van der Waals surface area contributed by atoms with E-state index < -0.39 is 0 Å². The van der Waals surface area contributed by atoms with Crippen LogP contribution in [-0.2, 0) is 11.2 Å². The molecule has 1 amide bonds. The van der Waals surface area contributed by atoms with Gasteiger partial charge < -0.3 is 10.3 Å². The molecular formula is C19H27N3O. The van der Waals surface area contributed by atoms with Crippen LogP contribution in [0.4, 0.5) is 0 Å². The monoisotopic (exact) mass is 313 g/mol. The molecule has 4 heteroatoms. The molecule has 1 aromatic carbocycles. The number of hydrogen-bond acceptors (Lipinski definition) is 2. The maximum absolute atomic E-state index is 12.1. The predicted octanol–water partition coefficient (Wildman–Crippen LogP) is 3.09. The molecule has 0 bridgehead atoms. The van der Waals surface area contributed by atoms with Gasteiger partial charge >= 0.3 is 0 Å². The van der Waals surface area contributed by atoms with Crippen molar-refractivity contribution in [2.24, 2.45) is 0 Å². The van der Waals surface area contributed by atoms with Gasteiger partial charge in [-0.3, -0.25) is 9.69 Å². The summed E-state index contributed by atoms with van der Waals surface area (Å²) in [6, 6.07) is 8.88. The Bertz CT molecular complexity index is 643. The number of carbonyl (C=O) groups excluding carboxylic acids is 1. The van der Waals surface area contributed by atoms with Crippen LogP contribution in [0.1, 0.15) is 37.7 Å². The highest BCUT2D eigenvalue weighted by molar-refractivity contribution is 5.83. The topological polar surface area (TPSA) is 48.1 Å². The summed E-state index contributed by atoms with van der Waals surface area (Å²) in [5, 5.41) is 4.31. The maximum atomic E-state index is 12.1. The molecule has 2 N–H and O–H groups in total. The number of amides is 1. The van der Waals surface area contributed by atoms with Crippen molar-refractivity contribution in [3.05, 3.63) is 36.0 Å². The first-order chi connectivity index (χ1) is 11.2. The van der Waals surface area contributed by atoms with Crippen molar-refractivity contribution in [3.63, 3.8) is 0 Å². The van der Waals surface area contributed by atoms with E-state index in [9.17, 15) is 4.79 Å². The Hall–Kier alpha value is -1.81. The standard InChI is InChI=1S/C19H27N3O/c1-22(16-7-3-2-4-8-16)14-19(23)20-12-11-15-13-21-18-10-6-5-9-17(15)18/h5-6,9-10,13,16,21H,2-4,7-8,11-12,14H2,1H3,(H,20,23). The summed E-state index contributed by atoms with van der Waals surface area (Å²) in [6.07, 6.45) is 9.33. The summed E-state index contributed by atoms with van der Waals surface area (Å²) in [7, 11) is 2.08. The van der Waals surface area contributed by atoms with E-state index in [0.29, 0.717) is 19.1 Å². The second-order valence-corrected chi connectivity index (χ2v) is 6.67. The number of aromatic nitrogens is 1. The van der Waals surface area contributed by atoms with E-state index in [1.54, 1.807) is 0 Å². The number of carbonyl (C=O) groups is 1. The normalized spacial score (nSPS) is 16.1. The Morgan fingerprint density at radius 1 is 1.26 bits per heavy atom. The van der Waals surface area contributed by atoms with Gasteiger partial charge in [-0.2, -0.15) is 0 Å². The van der Waals surface area contributed by atoms with Gasteiger partial charge in [0.2, 0.25) is 5.91 Å². The van der Waals surface area contributed by atoms with Crippen LogP contribution in [0.3, 0.4) is 0 Å². The van der Waals surface area contributed by atoms with Crippen molar-refractivity contribution in [1.29, 1.82) is 0 Å². The number of para-hydroxylation sites is 1. The second kappa shape index (κ2) is 7.64. The van der Waals surface area contributed by atoms with Crippen molar-refractivity contribution in [3.8, 4) is 0 Å². The lowest BCUT2D eigenvalue weighted by Crippen LogP contribution is -2.41. The largest absolute Gasteiger partial charge is 0.361 e. The first kappa shape index (κ1) is 16.1. The molecule has 1 aliphatic rings. The fourth-order valence-electron chi connectivity index (χ4n) is 3.61. The highest BCUT2D eigenvalue weighted by Gasteiger charge is 2.19. The predicted molar refractivity (Wildman–Crippen MR) is 94.5 cm³/mol. The van der Waals surface area contributed by atoms with Crippen LogP contribution in [-0.4, -0.2) is 42.0 Å². The lowest BCUT2D eigenvalue weighted by Gasteiger charge is -2.30. The molecule has 0 radical (unpaired) electrons. The van der Waals surface area contributed by atoms with Gasteiger partial charge in [-0.1, -0.05) is 37.5 Å². The molecule has 124 valence electrons. The third-order valence-corrected chi connectivity index (χ3v) is 4.98. The van der Waals surface area contributed by atoms with Gasteiger partial charge in [0.1, 0.15) is 0 Å². The van der Waals surface area contributed by atoms with Gasteiger partial charge in [0, 0.05) is 29.7 Å². The van der Waals surface area contributed by atoms with Gasteiger partial charge in [0.25, 0.3) is 0 Å². The molecule has 1 aromatic heterocycles. The molecule has 23 heavy (non-hydrogen) atoms. The number of nitrogens with zero attached hydrogens (tertiary/aromatic N) is 1. The molecule has 4 nitrogen and oxygen atoms in total. The Kier molecular flexibility index (Phi) is 5.34. The minimum Gasteiger partial charge on any atom is -0.361 e. The molecule has 0 unspecified atom stereocenters. The number of aromatic amines is 1. The fraction of sp³-hybridized carbons (Fsp3) is 0.526. The van der Waals surface area contributed by atoms with Gasteiger partial charge in [0.15, 0.2) is 0 Å². The molecule has 0 atom stereocenters. The number of nitrogens with one attached hydrogen (secondary N) is 2. The average molecular weight is 313 g/mol. The van der Waals surface area contributed by atoms with Crippen molar-refractivity contribution in [1.82, 2.24) is 15.2 Å². The zero-order valence-electron chi connectivity index (χ0n) is 14.0. The number of hydrogen-bond donors (Lipinski definition) is 2. The van der Waals surface area contributed by atoms with E-state index in [4.69, 9.17) is 0 Å². The molecule has 0 aliphatic heterocycles. The number of rotatable bonds is 6. The molecule has 1 aliphatic carbocycles. The van der Waals surface area contributed by atoms with E-state index in [2.05, 4.69) is 40.4 Å². The summed E-state index contributed by atoms with van der Waals surface area (Å²) in [4.78, 5) is 17.6. The van der Waals surface area contributed by atoms with E-state index in [-0.39, 0.29) is 5.91 Å². The maximum Gasteiger partial charge on any atom is 0.234 e. The third kappa shape index (κ3) is 4.14. The summed E-state index contributed by atoms with van der Waals surface area (Å²) in [6.45, 7) is 1.21. The Labute approximate surface area is 138 Å². The second-order valence-electron chi connectivity index (χ2n) is 6.67. The van der Waals surface area contributed by atoms with Crippen LogP contribution >= 0.6 is 0 Å². The molecule has 1 heterocycles. The Morgan fingerprint density at radius 3 is 2.87 bits per heavy atom. The minimum atomic E-state index is 0.137. The molecule has 0 saturated heterocycles. The van der Waals surface area contributed by atoms with Gasteiger partial charge in [-0.25, -0.2) is 0 Å². The average Bonchev–Trinajstić information content (AvgIpc) is 2.99. The number of likely N-dealkylation sites (N-methyl/N-ethyl adjacent to an activating group) is 1. The number of fused-ring (bicyclic) bond motifs is 1. The smallest absolute Gasteiger partial charge is 0.234 e. The zero-order chi connectivity index (χ0) is 16.1. The molecular weight excluding hydrogens is 286 g/mol. The third-order valence-electron chi connectivity index (χ3n) is 4.98. The van der Waals surface area contributed by atoms with Gasteiger partial charge in [-0.05, 0) is 37.9 Å². The summed E-state index contributed by atoms with van der Waals surface area (Å²) >= 11 is 0. The number of benzene rings is 1. The summed E-state index contributed by atoms with van der Waals surface area (Å²) < 4.78 is 0. The summed E-state index contributed by atoms with van der Waals surface area (Å²) in [5.74, 6) is 0.137. The van der Waals surface area contributed by atoms with E-state index in [0.717, 1.165) is 11.9 Å². The van der Waals surface area contributed by atoms with Gasteiger partial charge in [0.05, 0.1) is 6.54 Å². The molecule has 1 fully saturated rings. The van der Waals surface area contributed by atoms with E-state index in [1.807, 2.05) is 12.3 Å². The Morgan fingerprint density at radius 2 is 2.04 bits per heavy atom. The van der Waals surface area contributed by atoms with Crippen LogP contribution in [0.25, 0.3) is 10.9 Å². The molecule has 1 saturated carbocycles. The van der Waals surface area contributed by atoms with Gasteiger partial charge in [-0.15, -0.1) is 0 Å². The highest BCUT2D eigenvalue weighted by atomic mass is 16.2. The van der Waals surface area contributed by atoms with E-state index in [1.165, 1.54) is 43.1 Å². The summed E-state index contributed by atoms with van der Waals surface area (Å²) in [5.41, 5.74) is 2.42. The van der Waals surface area contributed by atoms with Crippen molar-refractivity contribution in [2.75, 3.05) is 20.1 Å². The lowest BCUT2D eigenvalue weighted by molar-refractivity contribution is -0.122. The first-order valence-corrected chi connectivity index (χ1v) is 8.76. The van der Waals surface area contributed by atoms with E-state index >= 15 is 0 Å². The van der Waals surface area contributed by atoms with Crippen LogP contribution in [0.15, 0.2) is 30.5 Å².